The van der Waals surface area contributed by atoms with Gasteiger partial charge in [-0.2, -0.15) is 4.98 Å². The largest absolute Gasteiger partial charge is 0.438 e. The van der Waals surface area contributed by atoms with Crippen molar-refractivity contribution in [1.82, 2.24) is 14.9 Å². The maximum Gasteiger partial charge on any atom is 0.229 e. The van der Waals surface area contributed by atoms with Crippen molar-refractivity contribution in [2.24, 2.45) is 0 Å². The third-order valence-corrected chi connectivity index (χ3v) is 6.21. The number of amides is 1. The Balaban J connectivity index is 1.44. The van der Waals surface area contributed by atoms with E-state index >= 15 is 0 Å². The lowest BCUT2D eigenvalue weighted by Crippen LogP contribution is -2.38. The lowest BCUT2D eigenvalue weighted by atomic mass is 10.0. The molecular weight excluding hydrogens is 419 g/mol. The first-order valence-electron chi connectivity index (χ1n) is 11.6. The molecule has 0 spiro atoms. The number of fused-ring (bicyclic) bond motifs is 1. The Morgan fingerprint density at radius 3 is 2.58 bits per heavy atom. The fourth-order valence-electron chi connectivity index (χ4n) is 4.43. The summed E-state index contributed by atoms with van der Waals surface area (Å²) in [5, 5.41) is 0. The van der Waals surface area contributed by atoms with Crippen molar-refractivity contribution in [2.45, 2.75) is 38.6 Å². The van der Waals surface area contributed by atoms with E-state index in [0.29, 0.717) is 43.5 Å². The molecular formula is C26H27FN4O2. The summed E-state index contributed by atoms with van der Waals surface area (Å²) in [6, 6.07) is 15.8. The zero-order valence-electron chi connectivity index (χ0n) is 18.5. The zero-order chi connectivity index (χ0) is 22.6. The number of carbonyl (C=O) groups excluding carboxylic acids is 1. The summed E-state index contributed by atoms with van der Waals surface area (Å²) in [6.45, 7) is 2.82. The molecule has 0 atom stereocenters. The summed E-state index contributed by atoms with van der Waals surface area (Å²) < 4.78 is 19.9. The van der Waals surface area contributed by atoms with Gasteiger partial charge in [0.05, 0.1) is 24.2 Å². The number of hydrogen-bond donors (Lipinski definition) is 0. The van der Waals surface area contributed by atoms with Gasteiger partial charge in [-0.25, -0.2) is 9.37 Å². The van der Waals surface area contributed by atoms with Gasteiger partial charge in [0.25, 0.3) is 0 Å². The highest BCUT2D eigenvalue weighted by molar-refractivity contribution is 5.79. The molecule has 170 valence electrons. The molecule has 0 bridgehead atoms. The number of aromatic nitrogens is 2. The Morgan fingerprint density at radius 2 is 1.79 bits per heavy atom. The molecule has 0 aliphatic carbocycles. The van der Waals surface area contributed by atoms with E-state index in [-0.39, 0.29) is 11.7 Å². The second-order valence-electron chi connectivity index (χ2n) is 8.59. The Kier molecular flexibility index (Phi) is 6.19. The Labute approximate surface area is 193 Å². The number of carbonyl (C=O) groups is 1. The molecule has 7 heteroatoms. The third kappa shape index (κ3) is 4.97. The summed E-state index contributed by atoms with van der Waals surface area (Å²) >= 11 is 0. The highest BCUT2D eigenvalue weighted by atomic mass is 19.1. The highest BCUT2D eigenvalue weighted by Crippen LogP contribution is 2.32. The van der Waals surface area contributed by atoms with E-state index in [2.05, 4.69) is 4.90 Å². The van der Waals surface area contributed by atoms with Crippen molar-refractivity contribution in [1.29, 1.82) is 0 Å². The normalized spacial score (nSPS) is 15.8. The van der Waals surface area contributed by atoms with E-state index in [4.69, 9.17) is 14.7 Å². The number of rotatable bonds is 5. The summed E-state index contributed by atoms with van der Waals surface area (Å²) in [7, 11) is 0. The van der Waals surface area contributed by atoms with Gasteiger partial charge in [-0.05, 0) is 37.0 Å². The molecule has 0 N–H and O–H groups in total. The first kappa shape index (κ1) is 21.4. The molecule has 1 aromatic heterocycles. The predicted octanol–water partition coefficient (Wildman–Crippen LogP) is 4.53. The average molecular weight is 447 g/mol. The molecule has 3 aromatic rings. The summed E-state index contributed by atoms with van der Waals surface area (Å²) in [4.78, 5) is 26.6. The molecule has 1 amide bonds. The van der Waals surface area contributed by atoms with Crippen LogP contribution in [0.15, 0.2) is 54.6 Å². The summed E-state index contributed by atoms with van der Waals surface area (Å²) in [5.74, 6) is 1.13. The monoisotopic (exact) mass is 446 g/mol. The lowest BCUT2D eigenvalue weighted by Gasteiger charge is -2.32. The van der Waals surface area contributed by atoms with Gasteiger partial charge in [0.1, 0.15) is 11.6 Å². The van der Waals surface area contributed by atoms with E-state index in [1.54, 1.807) is 12.1 Å². The van der Waals surface area contributed by atoms with Crippen LogP contribution in [-0.2, 0) is 24.2 Å². The smallest absolute Gasteiger partial charge is 0.229 e. The maximum atomic E-state index is 13.8. The summed E-state index contributed by atoms with van der Waals surface area (Å²) in [6.07, 6.45) is 4.43. The van der Waals surface area contributed by atoms with Crippen molar-refractivity contribution in [3.63, 3.8) is 0 Å². The first-order valence-corrected chi connectivity index (χ1v) is 11.6. The van der Waals surface area contributed by atoms with Gasteiger partial charge in [0, 0.05) is 32.1 Å². The van der Waals surface area contributed by atoms with Crippen molar-refractivity contribution in [2.75, 3.05) is 24.5 Å². The van der Waals surface area contributed by atoms with E-state index in [1.807, 2.05) is 35.2 Å². The molecule has 3 heterocycles. The molecule has 0 unspecified atom stereocenters. The van der Waals surface area contributed by atoms with Crippen LogP contribution >= 0.6 is 0 Å². The van der Waals surface area contributed by atoms with Crippen LogP contribution in [0.4, 0.5) is 10.3 Å². The van der Waals surface area contributed by atoms with Crippen molar-refractivity contribution >= 4 is 11.9 Å². The van der Waals surface area contributed by atoms with Crippen LogP contribution in [0.5, 0.6) is 11.6 Å². The number of ether oxygens (including phenoxy) is 1. The number of hydrogen-bond acceptors (Lipinski definition) is 5. The molecule has 6 nitrogen and oxygen atoms in total. The maximum absolute atomic E-state index is 13.8. The fourth-order valence-corrected chi connectivity index (χ4v) is 4.43. The van der Waals surface area contributed by atoms with Gasteiger partial charge < -0.3 is 14.5 Å². The van der Waals surface area contributed by atoms with Crippen molar-refractivity contribution in [3.8, 4) is 11.6 Å². The van der Waals surface area contributed by atoms with Crippen LogP contribution in [0.25, 0.3) is 0 Å². The topological polar surface area (TPSA) is 58.6 Å². The quantitative estimate of drug-likeness (QED) is 0.577. The minimum absolute atomic E-state index is 0.0589. The lowest BCUT2D eigenvalue weighted by molar-refractivity contribution is -0.131. The summed E-state index contributed by atoms with van der Waals surface area (Å²) in [5.41, 5.74) is 2.69. The molecule has 0 radical (unpaired) electrons. The predicted molar refractivity (Wildman–Crippen MR) is 124 cm³/mol. The molecule has 5 rings (SSSR count). The van der Waals surface area contributed by atoms with Gasteiger partial charge in [-0.1, -0.05) is 36.4 Å². The Bertz CT molecular complexity index is 1130. The fraction of sp³-hybridized carbons (Fsp3) is 0.346. The van der Waals surface area contributed by atoms with Crippen LogP contribution in [0.1, 0.15) is 36.1 Å². The molecule has 0 saturated carbocycles. The SMILES string of the molecule is O=C(Cc1ccccc1)N1CCc2nc(N3CCCCC3)nc(Oc3cccc(F)c3)c2C1. The second kappa shape index (κ2) is 9.57. The number of benzene rings is 2. The molecule has 1 fully saturated rings. The van der Waals surface area contributed by atoms with E-state index in [0.717, 1.165) is 42.8 Å². The minimum atomic E-state index is -0.369. The van der Waals surface area contributed by atoms with E-state index < -0.39 is 0 Å². The zero-order valence-corrected chi connectivity index (χ0v) is 18.5. The average Bonchev–Trinajstić information content (AvgIpc) is 2.85. The van der Waals surface area contributed by atoms with Gasteiger partial charge in [-0.3, -0.25) is 4.79 Å². The number of nitrogens with zero attached hydrogens (tertiary/aromatic N) is 4. The van der Waals surface area contributed by atoms with Crippen LogP contribution in [0.2, 0.25) is 0 Å². The first-order chi connectivity index (χ1) is 16.2. The van der Waals surface area contributed by atoms with Gasteiger partial charge in [0.2, 0.25) is 17.7 Å². The van der Waals surface area contributed by atoms with Crippen LogP contribution < -0.4 is 9.64 Å². The highest BCUT2D eigenvalue weighted by Gasteiger charge is 2.28. The molecule has 33 heavy (non-hydrogen) atoms. The number of piperidine rings is 1. The minimum Gasteiger partial charge on any atom is -0.438 e. The molecule has 1 saturated heterocycles. The Hall–Kier alpha value is -3.48. The standard InChI is InChI=1S/C26H27FN4O2/c27-20-10-7-11-21(17-20)33-25-22-18-31(24(32)16-19-8-3-1-4-9-19)15-12-23(22)28-26(29-25)30-13-5-2-6-14-30/h1,3-4,7-11,17H,2,5-6,12-16,18H2. The van der Waals surface area contributed by atoms with E-state index in [1.165, 1.54) is 18.6 Å². The number of anilines is 1. The van der Waals surface area contributed by atoms with Crippen molar-refractivity contribution in [3.05, 3.63) is 77.2 Å². The van der Waals surface area contributed by atoms with Crippen LogP contribution in [-0.4, -0.2) is 40.4 Å². The third-order valence-electron chi connectivity index (χ3n) is 6.21. The molecule has 2 aliphatic heterocycles. The molecule has 2 aliphatic rings. The number of halogens is 1. The van der Waals surface area contributed by atoms with Gasteiger partial charge in [-0.15, -0.1) is 0 Å². The van der Waals surface area contributed by atoms with Crippen molar-refractivity contribution < 1.29 is 13.9 Å². The van der Waals surface area contributed by atoms with Gasteiger partial charge in [0.15, 0.2) is 0 Å². The Morgan fingerprint density at radius 1 is 0.970 bits per heavy atom. The van der Waals surface area contributed by atoms with Crippen LogP contribution in [0, 0.1) is 5.82 Å². The second-order valence-corrected chi connectivity index (χ2v) is 8.59. The van der Waals surface area contributed by atoms with Gasteiger partial charge >= 0.3 is 0 Å². The van der Waals surface area contributed by atoms with Crippen LogP contribution in [0.3, 0.4) is 0 Å². The van der Waals surface area contributed by atoms with E-state index in [9.17, 15) is 9.18 Å². The molecule has 2 aromatic carbocycles.